The molecule has 0 saturated carbocycles. The Hall–Kier alpha value is -1.35. The molecule has 1 atom stereocenters. The highest BCUT2D eigenvalue weighted by Crippen LogP contribution is 2.22. The molecule has 0 heterocycles. The van der Waals surface area contributed by atoms with Crippen LogP contribution in [0.1, 0.15) is 103 Å². The van der Waals surface area contributed by atoms with E-state index in [1.54, 1.807) is 0 Å². The number of rotatable bonds is 15. The fourth-order valence-corrected chi connectivity index (χ4v) is 3.32. The minimum atomic E-state index is -1.25. The zero-order valence-electron chi connectivity index (χ0n) is 16.9. The Morgan fingerprint density at radius 3 is 1.85 bits per heavy atom. The number of aliphatic hydroxyl groups is 1. The molecule has 26 heavy (non-hydrogen) atoms. The summed E-state index contributed by atoms with van der Waals surface area (Å²) in [6.45, 7) is 4.14. The highest BCUT2D eigenvalue weighted by molar-refractivity contribution is 5.76. The van der Waals surface area contributed by atoms with E-state index in [0.29, 0.717) is 12.8 Å². The summed E-state index contributed by atoms with van der Waals surface area (Å²) in [5.74, 6) is -0.0610. The quantitative estimate of drug-likeness (QED) is 0.295. The first-order valence-electron chi connectivity index (χ1n) is 10.7. The molecule has 0 radical (unpaired) electrons. The number of unbranched alkanes of at least 4 members (excludes halogenated alkanes) is 10. The van der Waals surface area contributed by atoms with Crippen LogP contribution in [0, 0.1) is 0 Å². The molecule has 1 aromatic carbocycles. The van der Waals surface area contributed by atoms with Crippen molar-refractivity contribution >= 4 is 5.91 Å². The topological polar surface area (TPSA) is 49.3 Å². The Bertz CT molecular complexity index is 474. The van der Waals surface area contributed by atoms with Crippen LogP contribution in [-0.4, -0.2) is 11.0 Å². The summed E-state index contributed by atoms with van der Waals surface area (Å²) >= 11 is 0. The number of nitrogens with one attached hydrogen (secondary N) is 1. The Balaban J connectivity index is 2.09. The number of carbonyl (C=O) groups excluding carboxylic acids is 1. The maximum atomic E-state index is 12.2. The van der Waals surface area contributed by atoms with Crippen molar-refractivity contribution in [2.75, 3.05) is 0 Å². The van der Waals surface area contributed by atoms with Crippen molar-refractivity contribution in [3.63, 3.8) is 0 Å². The minimum Gasteiger partial charge on any atom is -0.367 e. The van der Waals surface area contributed by atoms with E-state index >= 15 is 0 Å². The van der Waals surface area contributed by atoms with Gasteiger partial charge in [-0.25, -0.2) is 0 Å². The van der Waals surface area contributed by atoms with Gasteiger partial charge in [-0.3, -0.25) is 4.79 Å². The molecular weight excluding hydrogens is 322 g/mol. The van der Waals surface area contributed by atoms with Crippen LogP contribution in [0.3, 0.4) is 0 Å². The van der Waals surface area contributed by atoms with E-state index in [2.05, 4.69) is 12.2 Å². The van der Waals surface area contributed by atoms with Crippen molar-refractivity contribution in [2.45, 2.75) is 103 Å². The van der Waals surface area contributed by atoms with Crippen LogP contribution in [0.2, 0.25) is 0 Å². The second kappa shape index (κ2) is 13.8. The van der Waals surface area contributed by atoms with Crippen molar-refractivity contribution in [3.05, 3.63) is 35.9 Å². The Kier molecular flexibility index (Phi) is 12.0. The van der Waals surface area contributed by atoms with E-state index in [0.717, 1.165) is 18.4 Å². The SMILES string of the molecule is CCCCCCCCCCCCCC(=O)NC(O)(CC)c1ccccc1. The van der Waals surface area contributed by atoms with E-state index in [1.807, 2.05) is 37.3 Å². The van der Waals surface area contributed by atoms with Crippen LogP contribution in [0.4, 0.5) is 0 Å². The van der Waals surface area contributed by atoms with Gasteiger partial charge in [0.1, 0.15) is 0 Å². The second-order valence-corrected chi connectivity index (χ2v) is 7.41. The summed E-state index contributed by atoms with van der Waals surface area (Å²) in [6, 6.07) is 9.38. The van der Waals surface area contributed by atoms with Crippen molar-refractivity contribution in [2.24, 2.45) is 0 Å². The van der Waals surface area contributed by atoms with Gasteiger partial charge < -0.3 is 10.4 Å². The molecule has 0 aliphatic heterocycles. The first kappa shape index (κ1) is 22.7. The summed E-state index contributed by atoms with van der Waals surface area (Å²) in [7, 11) is 0. The Morgan fingerprint density at radius 2 is 1.35 bits per heavy atom. The zero-order chi connectivity index (χ0) is 19.1. The van der Waals surface area contributed by atoms with Gasteiger partial charge in [-0.15, -0.1) is 0 Å². The van der Waals surface area contributed by atoms with Gasteiger partial charge in [-0.05, 0) is 12.8 Å². The van der Waals surface area contributed by atoms with E-state index in [1.165, 1.54) is 57.8 Å². The maximum absolute atomic E-state index is 12.2. The molecule has 3 nitrogen and oxygen atoms in total. The summed E-state index contributed by atoms with van der Waals surface area (Å²) in [5, 5.41) is 13.5. The van der Waals surface area contributed by atoms with E-state index in [9.17, 15) is 9.90 Å². The first-order valence-corrected chi connectivity index (χ1v) is 10.7. The molecule has 0 aromatic heterocycles. The third kappa shape index (κ3) is 9.38. The minimum absolute atomic E-state index is 0.0610. The highest BCUT2D eigenvalue weighted by Gasteiger charge is 2.28. The number of hydrogen-bond acceptors (Lipinski definition) is 2. The van der Waals surface area contributed by atoms with E-state index < -0.39 is 5.72 Å². The molecule has 0 aliphatic rings. The molecule has 1 amide bonds. The van der Waals surface area contributed by atoms with Crippen molar-refractivity contribution in [1.29, 1.82) is 0 Å². The normalized spacial score (nSPS) is 13.3. The Morgan fingerprint density at radius 1 is 0.846 bits per heavy atom. The monoisotopic (exact) mass is 361 g/mol. The van der Waals surface area contributed by atoms with Crippen LogP contribution < -0.4 is 5.32 Å². The molecule has 1 aromatic rings. The maximum Gasteiger partial charge on any atom is 0.222 e. The lowest BCUT2D eigenvalue weighted by Gasteiger charge is -2.28. The lowest BCUT2D eigenvalue weighted by Crippen LogP contribution is -2.45. The number of carbonyl (C=O) groups is 1. The van der Waals surface area contributed by atoms with Crippen LogP contribution in [-0.2, 0) is 10.5 Å². The average molecular weight is 362 g/mol. The number of benzene rings is 1. The molecular formula is C23H39NO2. The molecule has 2 N–H and O–H groups in total. The lowest BCUT2D eigenvalue weighted by atomic mass is 9.99. The molecule has 0 spiro atoms. The smallest absolute Gasteiger partial charge is 0.222 e. The molecule has 1 unspecified atom stereocenters. The van der Waals surface area contributed by atoms with Gasteiger partial charge in [0.25, 0.3) is 0 Å². The molecule has 0 saturated heterocycles. The predicted molar refractivity (Wildman–Crippen MR) is 110 cm³/mol. The molecule has 0 aliphatic carbocycles. The van der Waals surface area contributed by atoms with Gasteiger partial charge in [0, 0.05) is 12.0 Å². The van der Waals surface area contributed by atoms with Gasteiger partial charge >= 0.3 is 0 Å². The second-order valence-electron chi connectivity index (χ2n) is 7.41. The summed E-state index contributed by atoms with van der Waals surface area (Å²) in [5.41, 5.74) is -0.509. The third-order valence-corrected chi connectivity index (χ3v) is 5.12. The van der Waals surface area contributed by atoms with Crippen LogP contribution in [0.5, 0.6) is 0 Å². The van der Waals surface area contributed by atoms with Gasteiger partial charge in [-0.2, -0.15) is 0 Å². The van der Waals surface area contributed by atoms with Gasteiger partial charge in [0.2, 0.25) is 5.91 Å². The molecule has 1 rings (SSSR count). The molecule has 148 valence electrons. The number of hydrogen-bond donors (Lipinski definition) is 2. The van der Waals surface area contributed by atoms with Gasteiger partial charge in [-0.1, -0.05) is 108 Å². The molecule has 3 heteroatoms. The summed E-state index contributed by atoms with van der Waals surface area (Å²) < 4.78 is 0. The summed E-state index contributed by atoms with van der Waals surface area (Å²) in [6.07, 6.45) is 14.9. The van der Waals surface area contributed by atoms with Gasteiger partial charge in [0.15, 0.2) is 5.72 Å². The van der Waals surface area contributed by atoms with Crippen molar-refractivity contribution < 1.29 is 9.90 Å². The third-order valence-electron chi connectivity index (χ3n) is 5.12. The van der Waals surface area contributed by atoms with Crippen LogP contribution in [0.15, 0.2) is 30.3 Å². The Labute approximate surface area is 160 Å². The molecule has 0 fully saturated rings. The lowest BCUT2D eigenvalue weighted by molar-refractivity contribution is -0.130. The van der Waals surface area contributed by atoms with E-state index in [4.69, 9.17) is 0 Å². The molecule has 0 bridgehead atoms. The van der Waals surface area contributed by atoms with Gasteiger partial charge in [0.05, 0.1) is 0 Å². The van der Waals surface area contributed by atoms with Crippen molar-refractivity contribution in [3.8, 4) is 0 Å². The van der Waals surface area contributed by atoms with Crippen LogP contribution in [0.25, 0.3) is 0 Å². The fourth-order valence-electron chi connectivity index (χ4n) is 3.32. The van der Waals surface area contributed by atoms with Crippen molar-refractivity contribution in [1.82, 2.24) is 5.32 Å². The average Bonchev–Trinajstić information content (AvgIpc) is 2.66. The largest absolute Gasteiger partial charge is 0.367 e. The standard InChI is InChI=1S/C23H39NO2/c1-3-5-6-7-8-9-10-11-12-13-17-20-22(25)24-23(26,4-2)21-18-15-14-16-19-21/h14-16,18-19,26H,3-13,17,20H2,1-2H3,(H,24,25). The predicted octanol–water partition coefficient (Wildman–Crippen LogP) is 6.06. The van der Waals surface area contributed by atoms with E-state index in [-0.39, 0.29) is 5.91 Å². The zero-order valence-corrected chi connectivity index (χ0v) is 16.9. The van der Waals surface area contributed by atoms with Crippen LogP contribution >= 0.6 is 0 Å². The highest BCUT2D eigenvalue weighted by atomic mass is 16.3. The first-order chi connectivity index (χ1) is 12.6. The fraction of sp³-hybridized carbons (Fsp3) is 0.696. The number of amides is 1. The summed E-state index contributed by atoms with van der Waals surface area (Å²) in [4.78, 5) is 12.2.